The van der Waals surface area contributed by atoms with Crippen LogP contribution in [0, 0.1) is 12.8 Å². The zero-order chi connectivity index (χ0) is 29.2. The van der Waals surface area contributed by atoms with Gasteiger partial charge in [0.15, 0.2) is 0 Å². The van der Waals surface area contributed by atoms with Crippen LogP contribution in [0.15, 0.2) is 72.0 Å². The van der Waals surface area contributed by atoms with Crippen molar-refractivity contribution in [3.05, 3.63) is 99.6 Å². The lowest BCUT2D eigenvalue weighted by Gasteiger charge is -2.29. The van der Waals surface area contributed by atoms with E-state index in [0.29, 0.717) is 35.3 Å². The Hall–Kier alpha value is -4.44. The molecule has 5 aromatic rings. The average molecular weight is 585 g/mol. The number of hydrogen-bond donors (Lipinski definition) is 2. The Balaban J connectivity index is 1.14. The van der Waals surface area contributed by atoms with Crippen LogP contribution in [0.25, 0.3) is 16.7 Å². The first kappa shape index (κ1) is 27.7. The summed E-state index contributed by atoms with van der Waals surface area (Å²) >= 11 is 6.06. The van der Waals surface area contributed by atoms with E-state index >= 15 is 0 Å². The zero-order valence-electron chi connectivity index (χ0n) is 23.6. The van der Waals surface area contributed by atoms with Gasteiger partial charge in [0.2, 0.25) is 0 Å². The molecular weight excluding hydrogens is 552 g/mol. The first-order chi connectivity index (χ1) is 20.4. The number of fused-ring (bicyclic) bond motifs is 1. The maximum absolute atomic E-state index is 13.8. The highest BCUT2D eigenvalue weighted by Crippen LogP contribution is 2.28. The fraction of sp³-hybridized carbons (Fsp3) is 0.323. The molecule has 0 aliphatic heterocycles. The van der Waals surface area contributed by atoms with Crippen molar-refractivity contribution in [3.8, 4) is 5.69 Å². The molecule has 0 saturated heterocycles. The minimum absolute atomic E-state index is 0.0755. The van der Waals surface area contributed by atoms with Crippen LogP contribution in [-0.2, 0) is 20.1 Å². The number of amides is 1. The SMILES string of the molecule is Cc1ncc(Cl)cc1C(=O)NC1CCC(Cn2c(=O)n(-c3ccc(NCc4cnn(C)c4)nc3)c3ccccc32)CC1. The van der Waals surface area contributed by atoms with Crippen molar-refractivity contribution in [2.24, 2.45) is 13.0 Å². The number of nitrogens with one attached hydrogen (secondary N) is 2. The molecule has 6 rings (SSSR count). The van der Waals surface area contributed by atoms with Gasteiger partial charge in [-0.15, -0.1) is 0 Å². The second kappa shape index (κ2) is 11.8. The standard InChI is InChI=1S/C31H33ClN8O2/c1-20-26(13-23(32)16-33-20)30(41)37-24-9-7-21(8-10-24)19-39-27-5-3-4-6-28(27)40(31(39)42)25-11-12-29(35-17-25)34-14-22-15-36-38(2)18-22/h3-6,11-13,15-18,21,24H,7-10,14,19H2,1-2H3,(H,34,35)(H,37,41). The number of imidazole rings is 1. The van der Waals surface area contributed by atoms with Crippen molar-refractivity contribution in [3.63, 3.8) is 0 Å². The van der Waals surface area contributed by atoms with Gasteiger partial charge in [0.05, 0.1) is 45.4 Å². The van der Waals surface area contributed by atoms with Gasteiger partial charge in [-0.2, -0.15) is 5.10 Å². The van der Waals surface area contributed by atoms with E-state index in [1.165, 1.54) is 0 Å². The Bertz CT molecular complexity index is 1780. The third-order valence-corrected chi connectivity index (χ3v) is 8.20. The highest BCUT2D eigenvalue weighted by molar-refractivity contribution is 6.30. The third-order valence-electron chi connectivity index (χ3n) is 7.99. The monoisotopic (exact) mass is 584 g/mol. The summed E-state index contributed by atoms with van der Waals surface area (Å²) in [6.45, 7) is 3.05. The summed E-state index contributed by atoms with van der Waals surface area (Å²) in [5, 5.41) is 11.1. The second-order valence-corrected chi connectivity index (χ2v) is 11.4. The van der Waals surface area contributed by atoms with E-state index in [0.717, 1.165) is 53.8 Å². The van der Waals surface area contributed by atoms with Crippen molar-refractivity contribution < 1.29 is 4.79 Å². The minimum atomic E-state index is -0.142. The predicted molar refractivity (Wildman–Crippen MR) is 163 cm³/mol. The molecular formula is C31H33ClN8O2. The van der Waals surface area contributed by atoms with E-state index in [-0.39, 0.29) is 17.6 Å². The van der Waals surface area contributed by atoms with Crippen molar-refractivity contribution in [2.45, 2.75) is 51.7 Å². The maximum atomic E-state index is 13.8. The summed E-state index contributed by atoms with van der Waals surface area (Å²) in [5.74, 6) is 0.920. The third kappa shape index (κ3) is 5.80. The van der Waals surface area contributed by atoms with Crippen molar-refractivity contribution in [1.82, 2.24) is 34.2 Å². The van der Waals surface area contributed by atoms with Crippen LogP contribution in [0.2, 0.25) is 5.02 Å². The molecule has 1 saturated carbocycles. The summed E-state index contributed by atoms with van der Waals surface area (Å²) in [6.07, 6.45) is 10.6. The first-order valence-electron chi connectivity index (χ1n) is 14.2. The fourth-order valence-electron chi connectivity index (χ4n) is 5.76. The summed E-state index contributed by atoms with van der Waals surface area (Å²) in [5.41, 5.74) is 4.63. The maximum Gasteiger partial charge on any atom is 0.333 e. The summed E-state index contributed by atoms with van der Waals surface area (Å²) in [7, 11) is 1.89. The van der Waals surface area contributed by atoms with Crippen LogP contribution < -0.4 is 16.3 Å². The van der Waals surface area contributed by atoms with Crippen LogP contribution in [0.3, 0.4) is 0 Å². The smallest absolute Gasteiger partial charge is 0.333 e. The topological polar surface area (TPSA) is 112 Å². The van der Waals surface area contributed by atoms with E-state index in [1.807, 2.05) is 67.3 Å². The van der Waals surface area contributed by atoms with Crippen molar-refractivity contribution >= 4 is 34.4 Å². The molecule has 4 heterocycles. The number of rotatable bonds is 8. The number of nitrogens with zero attached hydrogens (tertiary/aromatic N) is 6. The summed E-state index contributed by atoms with van der Waals surface area (Å²) in [4.78, 5) is 35.4. The molecule has 2 N–H and O–H groups in total. The number of halogens is 1. The van der Waals surface area contributed by atoms with Gasteiger partial charge in [0, 0.05) is 44.1 Å². The molecule has 11 heteroatoms. The highest BCUT2D eigenvalue weighted by Gasteiger charge is 2.25. The Kier molecular flexibility index (Phi) is 7.80. The number of aromatic nitrogens is 6. The van der Waals surface area contributed by atoms with Crippen molar-refractivity contribution in [2.75, 3.05) is 5.32 Å². The zero-order valence-corrected chi connectivity index (χ0v) is 24.4. The number of hydrogen-bond acceptors (Lipinski definition) is 6. The molecule has 0 radical (unpaired) electrons. The lowest BCUT2D eigenvalue weighted by molar-refractivity contribution is 0.0919. The van der Waals surface area contributed by atoms with Crippen LogP contribution in [0.5, 0.6) is 0 Å². The predicted octanol–water partition coefficient (Wildman–Crippen LogP) is 4.88. The molecule has 0 unspecified atom stereocenters. The van der Waals surface area contributed by atoms with Crippen LogP contribution in [0.4, 0.5) is 5.82 Å². The van der Waals surface area contributed by atoms with E-state index in [9.17, 15) is 9.59 Å². The lowest BCUT2D eigenvalue weighted by Crippen LogP contribution is -2.39. The number of para-hydroxylation sites is 2. The van der Waals surface area contributed by atoms with Crippen LogP contribution in [0.1, 0.15) is 47.3 Å². The number of carbonyl (C=O) groups is 1. The molecule has 216 valence electrons. The largest absolute Gasteiger partial charge is 0.366 e. The molecule has 0 atom stereocenters. The Morgan fingerprint density at radius 1 is 1.02 bits per heavy atom. The number of benzene rings is 1. The molecule has 1 aromatic carbocycles. The normalized spacial score (nSPS) is 16.9. The summed E-state index contributed by atoms with van der Waals surface area (Å²) in [6, 6.07) is 13.4. The first-order valence-corrected chi connectivity index (χ1v) is 14.5. The molecule has 42 heavy (non-hydrogen) atoms. The molecule has 4 aromatic heterocycles. The molecule has 1 fully saturated rings. The highest BCUT2D eigenvalue weighted by atomic mass is 35.5. The average Bonchev–Trinajstić information content (AvgIpc) is 3.54. The van der Waals surface area contributed by atoms with Gasteiger partial charge in [-0.05, 0) is 68.9 Å². The quantitative estimate of drug-likeness (QED) is 0.269. The van der Waals surface area contributed by atoms with Gasteiger partial charge in [0.25, 0.3) is 5.91 Å². The van der Waals surface area contributed by atoms with Crippen LogP contribution in [-0.4, -0.2) is 40.8 Å². The molecule has 1 aliphatic carbocycles. The molecule has 0 spiro atoms. The van der Waals surface area contributed by atoms with Gasteiger partial charge < -0.3 is 10.6 Å². The van der Waals surface area contributed by atoms with E-state index in [4.69, 9.17) is 11.6 Å². The Morgan fingerprint density at radius 3 is 2.52 bits per heavy atom. The number of pyridine rings is 2. The van der Waals surface area contributed by atoms with Gasteiger partial charge in [-0.25, -0.2) is 9.78 Å². The minimum Gasteiger partial charge on any atom is -0.366 e. The molecule has 1 aliphatic rings. The second-order valence-electron chi connectivity index (χ2n) is 11.0. The van der Waals surface area contributed by atoms with Gasteiger partial charge >= 0.3 is 5.69 Å². The van der Waals surface area contributed by atoms with E-state index < -0.39 is 0 Å². The Labute approximate surface area is 248 Å². The molecule has 1 amide bonds. The fourth-order valence-corrected chi connectivity index (χ4v) is 5.92. The number of carbonyl (C=O) groups excluding carboxylic acids is 1. The van der Waals surface area contributed by atoms with Crippen LogP contribution >= 0.6 is 11.6 Å². The number of anilines is 1. The summed E-state index contributed by atoms with van der Waals surface area (Å²) < 4.78 is 5.38. The Morgan fingerprint density at radius 2 is 1.81 bits per heavy atom. The van der Waals surface area contributed by atoms with Gasteiger partial charge in [-0.1, -0.05) is 23.7 Å². The van der Waals surface area contributed by atoms with E-state index in [2.05, 4.69) is 25.7 Å². The number of aryl methyl sites for hydroxylation is 2. The molecule has 10 nitrogen and oxygen atoms in total. The van der Waals surface area contributed by atoms with Crippen molar-refractivity contribution in [1.29, 1.82) is 0 Å². The van der Waals surface area contributed by atoms with E-state index in [1.54, 1.807) is 27.7 Å². The van der Waals surface area contributed by atoms with Gasteiger partial charge in [-0.3, -0.25) is 23.6 Å². The molecule has 0 bridgehead atoms. The van der Waals surface area contributed by atoms with Gasteiger partial charge in [0.1, 0.15) is 5.82 Å². The lowest BCUT2D eigenvalue weighted by atomic mass is 9.85.